The monoisotopic (exact) mass is 397 g/mol. The van der Waals surface area contributed by atoms with Crippen molar-refractivity contribution >= 4 is 26.6 Å². The van der Waals surface area contributed by atoms with Crippen molar-refractivity contribution < 1.29 is 8.42 Å². The van der Waals surface area contributed by atoms with Crippen molar-refractivity contribution in [2.45, 2.75) is 37.1 Å². The number of hydrogen-bond donors (Lipinski definition) is 1. The number of rotatable bonds is 7. The summed E-state index contributed by atoms with van der Waals surface area (Å²) >= 11 is 0. The lowest BCUT2D eigenvalue weighted by molar-refractivity contribution is 0.223. The first kappa shape index (κ1) is 19.0. The zero-order chi connectivity index (χ0) is 19.4. The van der Waals surface area contributed by atoms with Crippen LogP contribution >= 0.6 is 0 Å². The quantitative estimate of drug-likeness (QED) is 0.646. The zero-order valence-electron chi connectivity index (χ0n) is 16.0. The van der Waals surface area contributed by atoms with Crippen LogP contribution < -0.4 is 4.72 Å². The number of likely N-dealkylation sites (tertiary alicyclic amines) is 1. The van der Waals surface area contributed by atoms with Gasteiger partial charge in [-0.25, -0.2) is 8.42 Å². The van der Waals surface area contributed by atoms with Crippen LogP contribution in [-0.4, -0.2) is 37.5 Å². The van der Waals surface area contributed by atoms with Crippen LogP contribution in [0.3, 0.4) is 0 Å². The highest BCUT2D eigenvalue weighted by Gasteiger charge is 2.14. The number of piperidine rings is 1. The fourth-order valence-electron chi connectivity index (χ4n) is 3.92. The van der Waals surface area contributed by atoms with Crippen LogP contribution in [0.2, 0.25) is 0 Å². The summed E-state index contributed by atoms with van der Waals surface area (Å²) in [6, 6.07) is 16.2. The molecular formula is C22H27N3O2S. The third kappa shape index (κ3) is 4.39. The van der Waals surface area contributed by atoms with Gasteiger partial charge >= 0.3 is 0 Å². The molecule has 2 heterocycles. The standard InChI is InChI=1S/C22H27N3O2S/c26-28(27,21-8-3-1-4-9-21)23-20-10-11-22-19(18-20)12-17-25(22)16-7-15-24-13-5-2-6-14-24/h1,3-4,8-12,17-18,23H,2,5-7,13-16H2. The highest BCUT2D eigenvalue weighted by Crippen LogP contribution is 2.23. The minimum atomic E-state index is -3.56. The van der Waals surface area contributed by atoms with Gasteiger partial charge in [0.25, 0.3) is 10.0 Å². The van der Waals surface area contributed by atoms with E-state index in [1.54, 1.807) is 30.3 Å². The van der Waals surface area contributed by atoms with E-state index in [9.17, 15) is 8.42 Å². The molecule has 0 bridgehead atoms. The summed E-state index contributed by atoms with van der Waals surface area (Å²) in [5.74, 6) is 0. The van der Waals surface area contributed by atoms with Crippen LogP contribution in [0.15, 0.2) is 65.7 Å². The van der Waals surface area contributed by atoms with Crippen LogP contribution in [0.1, 0.15) is 25.7 Å². The number of aromatic nitrogens is 1. The van der Waals surface area contributed by atoms with Gasteiger partial charge in [-0.3, -0.25) is 4.72 Å². The first-order chi connectivity index (χ1) is 13.6. The number of benzene rings is 2. The number of nitrogens with zero attached hydrogens (tertiary/aromatic N) is 2. The summed E-state index contributed by atoms with van der Waals surface area (Å²) in [7, 11) is -3.56. The zero-order valence-corrected chi connectivity index (χ0v) is 16.9. The molecule has 0 unspecified atom stereocenters. The SMILES string of the molecule is O=S(=O)(Nc1ccc2c(ccn2CCCN2CCCCC2)c1)c1ccccc1. The Bertz CT molecular complexity index is 1020. The Morgan fingerprint density at radius 1 is 0.893 bits per heavy atom. The van der Waals surface area contributed by atoms with Gasteiger partial charge in [-0.15, -0.1) is 0 Å². The summed E-state index contributed by atoms with van der Waals surface area (Å²) in [6.07, 6.45) is 7.25. The van der Waals surface area contributed by atoms with E-state index in [1.165, 1.54) is 32.4 Å². The summed E-state index contributed by atoms with van der Waals surface area (Å²) in [5, 5.41) is 1.05. The van der Waals surface area contributed by atoms with Gasteiger partial charge in [-0.1, -0.05) is 24.6 Å². The molecule has 1 saturated heterocycles. The maximum Gasteiger partial charge on any atom is 0.261 e. The van der Waals surface area contributed by atoms with Gasteiger partial charge in [0.15, 0.2) is 0 Å². The third-order valence-corrected chi connectivity index (χ3v) is 6.80. The Kier molecular flexibility index (Phi) is 5.69. The summed E-state index contributed by atoms with van der Waals surface area (Å²) in [5.41, 5.74) is 1.73. The number of sulfonamides is 1. The van der Waals surface area contributed by atoms with Gasteiger partial charge in [0, 0.05) is 29.3 Å². The highest BCUT2D eigenvalue weighted by molar-refractivity contribution is 7.92. The van der Waals surface area contributed by atoms with Crippen molar-refractivity contribution in [3.63, 3.8) is 0 Å². The van der Waals surface area contributed by atoms with Crippen LogP contribution in [0.4, 0.5) is 5.69 Å². The summed E-state index contributed by atoms with van der Waals surface area (Å²) < 4.78 is 30.0. The van der Waals surface area contributed by atoms with E-state index in [1.807, 2.05) is 18.2 Å². The topological polar surface area (TPSA) is 54.3 Å². The first-order valence-electron chi connectivity index (χ1n) is 10.0. The van der Waals surface area contributed by atoms with E-state index in [4.69, 9.17) is 0 Å². The molecule has 0 radical (unpaired) electrons. The van der Waals surface area contributed by atoms with Crippen LogP contribution in [-0.2, 0) is 16.6 Å². The predicted octanol–water partition coefficient (Wildman–Crippen LogP) is 4.32. The second-order valence-electron chi connectivity index (χ2n) is 7.46. The van der Waals surface area contributed by atoms with E-state index in [2.05, 4.69) is 26.5 Å². The largest absolute Gasteiger partial charge is 0.347 e. The van der Waals surface area contributed by atoms with Crippen molar-refractivity contribution in [3.8, 4) is 0 Å². The van der Waals surface area contributed by atoms with Crippen molar-refractivity contribution in [1.29, 1.82) is 0 Å². The Morgan fingerprint density at radius 3 is 2.46 bits per heavy atom. The van der Waals surface area contributed by atoms with Crippen molar-refractivity contribution in [1.82, 2.24) is 9.47 Å². The van der Waals surface area contributed by atoms with Gasteiger partial charge in [-0.2, -0.15) is 0 Å². The van der Waals surface area contributed by atoms with Crippen LogP contribution in [0.5, 0.6) is 0 Å². The van der Waals surface area contributed by atoms with E-state index < -0.39 is 10.0 Å². The number of hydrogen-bond acceptors (Lipinski definition) is 3. The highest BCUT2D eigenvalue weighted by atomic mass is 32.2. The molecule has 1 fully saturated rings. The van der Waals surface area contributed by atoms with Crippen molar-refractivity contribution in [2.75, 3.05) is 24.4 Å². The molecule has 4 rings (SSSR count). The molecule has 3 aromatic rings. The van der Waals surface area contributed by atoms with Gasteiger partial charge < -0.3 is 9.47 Å². The lowest BCUT2D eigenvalue weighted by Gasteiger charge is -2.26. The first-order valence-corrected chi connectivity index (χ1v) is 11.5. The molecule has 1 aliphatic heterocycles. The Balaban J connectivity index is 1.42. The molecule has 28 heavy (non-hydrogen) atoms. The minimum absolute atomic E-state index is 0.269. The molecule has 1 aliphatic rings. The molecule has 1 N–H and O–H groups in total. The predicted molar refractivity (Wildman–Crippen MR) is 114 cm³/mol. The summed E-state index contributed by atoms with van der Waals surface area (Å²) in [4.78, 5) is 2.83. The van der Waals surface area contributed by atoms with Gasteiger partial charge in [-0.05, 0) is 75.3 Å². The lowest BCUT2D eigenvalue weighted by atomic mass is 10.1. The fourth-order valence-corrected chi connectivity index (χ4v) is 4.99. The molecule has 0 atom stereocenters. The van der Waals surface area contributed by atoms with E-state index in [0.717, 1.165) is 30.4 Å². The second kappa shape index (κ2) is 8.37. The average molecular weight is 398 g/mol. The van der Waals surface area contributed by atoms with Crippen molar-refractivity contribution in [2.24, 2.45) is 0 Å². The Labute approximate surface area is 167 Å². The number of fused-ring (bicyclic) bond motifs is 1. The average Bonchev–Trinajstić information content (AvgIpc) is 3.11. The molecular weight excluding hydrogens is 370 g/mol. The maximum absolute atomic E-state index is 12.5. The maximum atomic E-state index is 12.5. The van der Waals surface area contributed by atoms with Gasteiger partial charge in [0.1, 0.15) is 0 Å². The van der Waals surface area contributed by atoms with E-state index >= 15 is 0 Å². The molecule has 6 heteroatoms. The number of anilines is 1. The van der Waals surface area contributed by atoms with E-state index in [0.29, 0.717) is 5.69 Å². The van der Waals surface area contributed by atoms with Gasteiger partial charge in [0.05, 0.1) is 4.90 Å². The smallest absolute Gasteiger partial charge is 0.261 e. The Hall–Kier alpha value is -2.31. The van der Waals surface area contributed by atoms with Gasteiger partial charge in [0.2, 0.25) is 0 Å². The molecule has 0 aliphatic carbocycles. The molecule has 2 aromatic carbocycles. The number of nitrogens with one attached hydrogen (secondary N) is 1. The molecule has 148 valence electrons. The molecule has 1 aromatic heterocycles. The number of aryl methyl sites for hydroxylation is 1. The molecule has 0 amide bonds. The normalized spacial score (nSPS) is 15.7. The Morgan fingerprint density at radius 2 is 1.68 bits per heavy atom. The lowest BCUT2D eigenvalue weighted by Crippen LogP contribution is -2.31. The summed E-state index contributed by atoms with van der Waals surface area (Å²) in [6.45, 7) is 4.60. The molecule has 0 spiro atoms. The fraction of sp³-hybridized carbons (Fsp3) is 0.364. The second-order valence-corrected chi connectivity index (χ2v) is 9.14. The van der Waals surface area contributed by atoms with Crippen LogP contribution in [0, 0.1) is 0 Å². The minimum Gasteiger partial charge on any atom is -0.347 e. The van der Waals surface area contributed by atoms with E-state index in [-0.39, 0.29) is 4.90 Å². The van der Waals surface area contributed by atoms with Crippen LogP contribution in [0.25, 0.3) is 10.9 Å². The third-order valence-electron chi connectivity index (χ3n) is 5.40. The van der Waals surface area contributed by atoms with Crippen molar-refractivity contribution in [3.05, 3.63) is 60.8 Å². The molecule has 0 saturated carbocycles. The molecule has 5 nitrogen and oxygen atoms in total.